The highest BCUT2D eigenvalue weighted by atomic mass is 16.5. The molecule has 0 heterocycles. The average Bonchev–Trinajstić information content (AvgIpc) is 2.26. The lowest BCUT2D eigenvalue weighted by atomic mass is 9.72. The lowest BCUT2D eigenvalue weighted by molar-refractivity contribution is -0.171. The number of carbonyl (C=O) groups is 2. The number of carbonyl (C=O) groups excluding carboxylic acids is 2. The van der Waals surface area contributed by atoms with Crippen LogP contribution in [0.5, 0.6) is 0 Å². The van der Waals surface area contributed by atoms with E-state index in [4.69, 9.17) is 5.26 Å². The third kappa shape index (κ3) is 2.32. The third-order valence-corrected chi connectivity index (χ3v) is 2.65. The molecule has 0 aromatic rings. The molecule has 5 heteroatoms. The Morgan fingerprint density at radius 3 is 1.75 bits per heavy atom. The van der Waals surface area contributed by atoms with Crippen molar-refractivity contribution < 1.29 is 19.1 Å². The number of nitrogens with zero attached hydrogens (tertiary/aromatic N) is 1. The lowest BCUT2D eigenvalue weighted by Gasteiger charge is -2.30. The van der Waals surface area contributed by atoms with Crippen LogP contribution >= 0.6 is 0 Å². The van der Waals surface area contributed by atoms with Crippen molar-refractivity contribution in [2.45, 2.75) is 20.8 Å². The zero-order chi connectivity index (χ0) is 12.9. The van der Waals surface area contributed by atoms with Crippen molar-refractivity contribution in [1.82, 2.24) is 0 Å². The van der Waals surface area contributed by atoms with Crippen molar-refractivity contribution >= 4 is 11.9 Å². The number of hydrogen-bond donors (Lipinski definition) is 0. The summed E-state index contributed by atoms with van der Waals surface area (Å²) in [6, 6.07) is 1.97. The first-order valence-corrected chi connectivity index (χ1v) is 4.92. The number of hydrogen-bond acceptors (Lipinski definition) is 5. The van der Waals surface area contributed by atoms with Gasteiger partial charge in [0.15, 0.2) is 5.41 Å². The lowest BCUT2D eigenvalue weighted by Crippen LogP contribution is -2.46. The van der Waals surface area contributed by atoms with Gasteiger partial charge in [-0.1, -0.05) is 13.8 Å². The normalized spacial score (nSPS) is 12.8. The Morgan fingerprint density at radius 2 is 1.56 bits per heavy atom. The van der Waals surface area contributed by atoms with Gasteiger partial charge in [0.25, 0.3) is 0 Å². The van der Waals surface area contributed by atoms with Gasteiger partial charge < -0.3 is 9.47 Å². The third-order valence-electron chi connectivity index (χ3n) is 2.65. The number of rotatable bonds is 4. The van der Waals surface area contributed by atoms with E-state index in [1.165, 1.54) is 21.1 Å². The first-order chi connectivity index (χ1) is 7.35. The standard InChI is InChI=1S/C11H17NO4/c1-7(2)8(6-12)11(3,9(13)15-4)10(14)16-5/h7-8H,1-5H3. The molecule has 0 saturated heterocycles. The Kier molecular flexibility index (Phi) is 4.96. The van der Waals surface area contributed by atoms with Crippen LogP contribution in [-0.4, -0.2) is 26.2 Å². The molecule has 0 aliphatic carbocycles. The van der Waals surface area contributed by atoms with Gasteiger partial charge in [-0.05, 0) is 12.8 Å². The van der Waals surface area contributed by atoms with Crippen molar-refractivity contribution in [2.24, 2.45) is 17.3 Å². The first-order valence-electron chi connectivity index (χ1n) is 4.92. The molecule has 1 atom stereocenters. The molecule has 0 saturated carbocycles. The zero-order valence-electron chi connectivity index (χ0n) is 10.2. The average molecular weight is 227 g/mol. The molecule has 16 heavy (non-hydrogen) atoms. The molecule has 0 aromatic heterocycles. The van der Waals surface area contributed by atoms with Crippen LogP contribution in [0.2, 0.25) is 0 Å². The van der Waals surface area contributed by atoms with Crippen molar-refractivity contribution in [2.75, 3.05) is 14.2 Å². The van der Waals surface area contributed by atoms with E-state index in [0.29, 0.717) is 0 Å². The molecule has 0 amide bonds. The molecular formula is C11H17NO4. The van der Waals surface area contributed by atoms with Gasteiger partial charge in [0.05, 0.1) is 26.2 Å². The maximum absolute atomic E-state index is 11.7. The van der Waals surface area contributed by atoms with Gasteiger partial charge in [-0.15, -0.1) is 0 Å². The molecule has 0 radical (unpaired) electrons. The van der Waals surface area contributed by atoms with E-state index in [1.807, 2.05) is 6.07 Å². The molecule has 0 aliphatic heterocycles. The molecule has 0 bridgehead atoms. The maximum Gasteiger partial charge on any atom is 0.324 e. The van der Waals surface area contributed by atoms with Crippen LogP contribution in [-0.2, 0) is 19.1 Å². The summed E-state index contributed by atoms with van der Waals surface area (Å²) < 4.78 is 9.16. The van der Waals surface area contributed by atoms with Crippen molar-refractivity contribution in [3.05, 3.63) is 0 Å². The molecule has 1 unspecified atom stereocenters. The Morgan fingerprint density at radius 1 is 1.19 bits per heavy atom. The van der Waals surface area contributed by atoms with Gasteiger partial charge in [-0.25, -0.2) is 0 Å². The maximum atomic E-state index is 11.7. The molecular weight excluding hydrogens is 210 g/mol. The second-order valence-electron chi connectivity index (χ2n) is 4.04. The van der Waals surface area contributed by atoms with Crippen LogP contribution in [0, 0.1) is 28.6 Å². The highest BCUT2D eigenvalue weighted by molar-refractivity contribution is 6.00. The van der Waals surface area contributed by atoms with E-state index in [0.717, 1.165) is 0 Å². The topological polar surface area (TPSA) is 76.4 Å². The van der Waals surface area contributed by atoms with E-state index in [1.54, 1.807) is 13.8 Å². The summed E-state index contributed by atoms with van der Waals surface area (Å²) in [5.41, 5.74) is -1.58. The fraction of sp³-hybridized carbons (Fsp3) is 0.727. The van der Waals surface area contributed by atoms with Gasteiger partial charge in [-0.2, -0.15) is 5.26 Å². The second-order valence-corrected chi connectivity index (χ2v) is 4.04. The number of nitriles is 1. The van der Waals surface area contributed by atoms with Gasteiger partial charge in [0.2, 0.25) is 0 Å². The van der Waals surface area contributed by atoms with Gasteiger partial charge in [0.1, 0.15) is 0 Å². The summed E-state index contributed by atoms with van der Waals surface area (Å²) in [5.74, 6) is -2.44. The quantitative estimate of drug-likeness (QED) is 0.531. The van der Waals surface area contributed by atoms with Gasteiger partial charge in [-0.3, -0.25) is 9.59 Å². The summed E-state index contributed by atoms with van der Waals surface area (Å²) in [6.07, 6.45) is 0. The summed E-state index contributed by atoms with van der Waals surface area (Å²) in [5, 5.41) is 9.06. The summed E-state index contributed by atoms with van der Waals surface area (Å²) in [4.78, 5) is 23.3. The molecule has 0 N–H and O–H groups in total. The van der Waals surface area contributed by atoms with Crippen LogP contribution in [0.3, 0.4) is 0 Å². The number of ether oxygens (including phenoxy) is 2. The first kappa shape index (κ1) is 14.4. The summed E-state index contributed by atoms with van der Waals surface area (Å²) >= 11 is 0. The van der Waals surface area contributed by atoms with Gasteiger partial charge >= 0.3 is 11.9 Å². The molecule has 0 rings (SSSR count). The van der Waals surface area contributed by atoms with E-state index < -0.39 is 23.3 Å². The SMILES string of the molecule is COC(=O)C(C)(C(=O)OC)C(C#N)C(C)C. The van der Waals surface area contributed by atoms with Crippen LogP contribution in [0.15, 0.2) is 0 Å². The van der Waals surface area contributed by atoms with E-state index in [-0.39, 0.29) is 5.92 Å². The Bertz CT molecular complexity index is 300. The predicted molar refractivity (Wildman–Crippen MR) is 56.1 cm³/mol. The monoisotopic (exact) mass is 227 g/mol. The molecule has 0 aromatic carbocycles. The minimum absolute atomic E-state index is 0.159. The smallest absolute Gasteiger partial charge is 0.324 e. The molecule has 0 aliphatic rings. The van der Waals surface area contributed by atoms with Crippen molar-refractivity contribution in [1.29, 1.82) is 5.26 Å². The van der Waals surface area contributed by atoms with Gasteiger partial charge in [0, 0.05) is 0 Å². The van der Waals surface area contributed by atoms with E-state index in [9.17, 15) is 9.59 Å². The molecule has 90 valence electrons. The predicted octanol–water partition coefficient (Wildman–Crippen LogP) is 1.13. The number of esters is 2. The highest BCUT2D eigenvalue weighted by Gasteiger charge is 2.51. The summed E-state index contributed by atoms with van der Waals surface area (Å²) in [7, 11) is 2.36. The van der Waals surface area contributed by atoms with Crippen LogP contribution in [0.1, 0.15) is 20.8 Å². The zero-order valence-corrected chi connectivity index (χ0v) is 10.2. The minimum Gasteiger partial charge on any atom is -0.468 e. The largest absolute Gasteiger partial charge is 0.468 e. The highest BCUT2D eigenvalue weighted by Crippen LogP contribution is 2.35. The Hall–Kier alpha value is -1.57. The Labute approximate surface area is 95.3 Å². The molecule has 5 nitrogen and oxygen atoms in total. The van der Waals surface area contributed by atoms with Crippen LogP contribution in [0.4, 0.5) is 0 Å². The van der Waals surface area contributed by atoms with Crippen LogP contribution < -0.4 is 0 Å². The van der Waals surface area contributed by atoms with Crippen molar-refractivity contribution in [3.63, 3.8) is 0 Å². The fourth-order valence-electron chi connectivity index (χ4n) is 1.71. The van der Waals surface area contributed by atoms with Crippen LogP contribution in [0.25, 0.3) is 0 Å². The minimum atomic E-state index is -1.58. The molecule has 0 spiro atoms. The van der Waals surface area contributed by atoms with E-state index >= 15 is 0 Å². The fourth-order valence-corrected chi connectivity index (χ4v) is 1.71. The molecule has 0 fully saturated rings. The Balaban J connectivity index is 5.48. The van der Waals surface area contributed by atoms with E-state index in [2.05, 4.69) is 9.47 Å². The number of methoxy groups -OCH3 is 2. The van der Waals surface area contributed by atoms with Crippen molar-refractivity contribution in [3.8, 4) is 6.07 Å². The summed E-state index contributed by atoms with van der Waals surface area (Å²) in [6.45, 7) is 4.90. The second kappa shape index (κ2) is 5.50.